The number of hydrogen-bond donors (Lipinski definition) is 1. The number of amides is 1. The molecule has 0 spiro atoms. The molecule has 1 amide bonds. The highest BCUT2D eigenvalue weighted by Gasteiger charge is 2.27. The molecule has 2 heterocycles. The fourth-order valence-corrected chi connectivity index (χ4v) is 3.92. The molecule has 156 valence electrons. The van der Waals surface area contributed by atoms with Gasteiger partial charge >= 0.3 is 0 Å². The Morgan fingerprint density at radius 2 is 1.93 bits per heavy atom. The van der Waals surface area contributed by atoms with E-state index in [0.29, 0.717) is 18.3 Å². The highest BCUT2D eigenvalue weighted by molar-refractivity contribution is 5.79. The number of nitrogens with one attached hydrogen (secondary N) is 1. The maximum absolute atomic E-state index is 12.7. The molecule has 1 saturated heterocycles. The molecule has 1 N–H and O–H groups in total. The summed E-state index contributed by atoms with van der Waals surface area (Å²) in [6.07, 6.45) is 1.68. The van der Waals surface area contributed by atoms with Crippen molar-refractivity contribution >= 4 is 5.91 Å². The minimum absolute atomic E-state index is 0.0233. The molecule has 2 aromatic carbocycles. The van der Waals surface area contributed by atoms with E-state index in [4.69, 9.17) is 4.52 Å². The van der Waals surface area contributed by atoms with Crippen molar-refractivity contribution in [1.29, 1.82) is 0 Å². The molecule has 30 heavy (non-hydrogen) atoms. The number of carbonyl (C=O) groups excluding carboxylic acids is 1. The molecule has 1 fully saturated rings. The van der Waals surface area contributed by atoms with Crippen molar-refractivity contribution in [3.05, 3.63) is 71.6 Å². The summed E-state index contributed by atoms with van der Waals surface area (Å²) >= 11 is 0. The molecule has 0 radical (unpaired) electrons. The lowest BCUT2D eigenvalue weighted by atomic mass is 9.95. The van der Waals surface area contributed by atoms with Crippen LogP contribution in [0.15, 0.2) is 59.1 Å². The Morgan fingerprint density at radius 3 is 2.67 bits per heavy atom. The normalized spacial score (nSPS) is 16.3. The minimum Gasteiger partial charge on any atom is -0.349 e. The van der Waals surface area contributed by atoms with E-state index in [1.165, 1.54) is 5.56 Å². The van der Waals surface area contributed by atoms with Crippen LogP contribution in [0.2, 0.25) is 0 Å². The molecule has 1 aliphatic rings. The maximum Gasteiger partial charge on any atom is 0.241 e. The van der Waals surface area contributed by atoms with Crippen LogP contribution in [0.3, 0.4) is 0 Å². The lowest BCUT2D eigenvalue weighted by Crippen LogP contribution is -2.40. The average Bonchev–Trinajstić information content (AvgIpc) is 3.23. The highest BCUT2D eigenvalue weighted by atomic mass is 16.5. The number of aromatic nitrogens is 2. The van der Waals surface area contributed by atoms with Gasteiger partial charge in [0.2, 0.25) is 17.6 Å². The van der Waals surface area contributed by atoms with Crippen molar-refractivity contribution in [1.82, 2.24) is 20.4 Å². The Bertz CT molecular complexity index is 978. The van der Waals surface area contributed by atoms with Gasteiger partial charge in [-0.3, -0.25) is 9.69 Å². The number of piperidine rings is 1. The molecular weight excluding hydrogens is 376 g/mol. The van der Waals surface area contributed by atoms with Crippen molar-refractivity contribution in [3.63, 3.8) is 0 Å². The third-order valence-corrected chi connectivity index (χ3v) is 5.72. The summed E-state index contributed by atoms with van der Waals surface area (Å²) < 4.78 is 5.46. The summed E-state index contributed by atoms with van der Waals surface area (Å²) in [5.41, 5.74) is 3.26. The second kappa shape index (κ2) is 9.22. The van der Waals surface area contributed by atoms with Crippen molar-refractivity contribution < 1.29 is 9.32 Å². The zero-order chi connectivity index (χ0) is 20.9. The fourth-order valence-electron chi connectivity index (χ4n) is 3.92. The molecule has 1 atom stereocenters. The van der Waals surface area contributed by atoms with Gasteiger partial charge in [0.1, 0.15) is 0 Å². The van der Waals surface area contributed by atoms with Crippen LogP contribution in [0.25, 0.3) is 11.4 Å². The van der Waals surface area contributed by atoms with Gasteiger partial charge in [0.05, 0.1) is 12.6 Å². The molecule has 0 aliphatic carbocycles. The van der Waals surface area contributed by atoms with E-state index in [9.17, 15) is 4.79 Å². The lowest BCUT2D eigenvalue weighted by molar-refractivity contribution is -0.127. The monoisotopic (exact) mass is 404 g/mol. The summed E-state index contributed by atoms with van der Waals surface area (Å²) in [4.78, 5) is 19.5. The van der Waals surface area contributed by atoms with Crippen LogP contribution in [-0.4, -0.2) is 34.0 Å². The summed E-state index contributed by atoms with van der Waals surface area (Å²) in [7, 11) is 0. The topological polar surface area (TPSA) is 71.3 Å². The van der Waals surface area contributed by atoms with Gasteiger partial charge < -0.3 is 9.84 Å². The zero-order valence-electron chi connectivity index (χ0n) is 17.5. The molecule has 1 aromatic heterocycles. The van der Waals surface area contributed by atoms with Gasteiger partial charge in [0, 0.05) is 11.5 Å². The van der Waals surface area contributed by atoms with E-state index >= 15 is 0 Å². The second-order valence-corrected chi connectivity index (χ2v) is 8.07. The quantitative estimate of drug-likeness (QED) is 0.669. The number of carbonyl (C=O) groups is 1. The Hall–Kier alpha value is -2.99. The molecule has 3 aromatic rings. The van der Waals surface area contributed by atoms with Crippen molar-refractivity contribution in [2.45, 2.75) is 39.3 Å². The van der Waals surface area contributed by atoms with Crippen LogP contribution >= 0.6 is 0 Å². The van der Waals surface area contributed by atoms with E-state index in [1.807, 2.05) is 62.4 Å². The summed E-state index contributed by atoms with van der Waals surface area (Å²) in [5.74, 6) is 1.44. The molecule has 1 unspecified atom stereocenters. The van der Waals surface area contributed by atoms with Crippen LogP contribution in [0.1, 0.15) is 42.8 Å². The number of likely N-dealkylation sites (tertiary alicyclic amines) is 1. The molecule has 6 nitrogen and oxygen atoms in total. The lowest BCUT2D eigenvalue weighted by Gasteiger charge is -2.30. The van der Waals surface area contributed by atoms with Crippen LogP contribution in [-0.2, 0) is 11.3 Å². The van der Waals surface area contributed by atoms with Crippen molar-refractivity contribution in [3.8, 4) is 11.4 Å². The van der Waals surface area contributed by atoms with Crippen LogP contribution in [0.5, 0.6) is 0 Å². The van der Waals surface area contributed by atoms with Crippen LogP contribution in [0, 0.1) is 12.8 Å². The first-order chi connectivity index (χ1) is 14.6. The van der Waals surface area contributed by atoms with E-state index in [-0.39, 0.29) is 17.9 Å². The molecular formula is C24H28N4O2. The summed E-state index contributed by atoms with van der Waals surface area (Å²) in [6.45, 7) is 6.39. The Labute approximate surface area is 177 Å². The van der Waals surface area contributed by atoms with E-state index < -0.39 is 0 Å². The van der Waals surface area contributed by atoms with Crippen LogP contribution in [0.4, 0.5) is 0 Å². The van der Waals surface area contributed by atoms with E-state index in [1.54, 1.807) is 0 Å². The summed E-state index contributed by atoms with van der Waals surface area (Å²) in [5, 5.41) is 7.28. The number of nitrogens with zero attached hydrogens (tertiary/aromatic N) is 3. The standard InChI is InChI=1S/C24H28N4O2/c1-17-7-6-10-21(15-17)23-26-22(30-27-23)16-28-13-11-20(12-14-28)24(29)25-18(2)19-8-4-3-5-9-19/h3-10,15,18,20H,11-14,16H2,1-2H3,(H,25,29). The van der Waals surface area contributed by atoms with Gasteiger partial charge in [-0.25, -0.2) is 0 Å². The average molecular weight is 405 g/mol. The van der Waals surface area contributed by atoms with Gasteiger partial charge in [-0.1, -0.05) is 59.3 Å². The number of rotatable bonds is 6. The van der Waals surface area contributed by atoms with Gasteiger partial charge in [0.15, 0.2) is 0 Å². The first-order valence-electron chi connectivity index (χ1n) is 10.6. The number of benzene rings is 2. The molecule has 1 aliphatic heterocycles. The smallest absolute Gasteiger partial charge is 0.241 e. The van der Waals surface area contributed by atoms with Gasteiger partial charge in [0.25, 0.3) is 0 Å². The second-order valence-electron chi connectivity index (χ2n) is 8.07. The van der Waals surface area contributed by atoms with Gasteiger partial charge in [-0.2, -0.15) is 4.98 Å². The van der Waals surface area contributed by atoms with Gasteiger partial charge in [-0.05, 0) is 51.4 Å². The number of aryl methyl sites for hydroxylation is 1. The minimum atomic E-state index is 0.0233. The van der Waals surface area contributed by atoms with Crippen molar-refractivity contribution in [2.24, 2.45) is 5.92 Å². The predicted molar refractivity (Wildman–Crippen MR) is 115 cm³/mol. The Kier molecular flexibility index (Phi) is 6.23. The molecule has 6 heteroatoms. The Morgan fingerprint density at radius 1 is 1.17 bits per heavy atom. The first-order valence-corrected chi connectivity index (χ1v) is 10.6. The third-order valence-electron chi connectivity index (χ3n) is 5.72. The van der Waals surface area contributed by atoms with Crippen molar-refractivity contribution in [2.75, 3.05) is 13.1 Å². The molecule has 0 saturated carbocycles. The number of hydrogen-bond acceptors (Lipinski definition) is 5. The van der Waals surface area contributed by atoms with E-state index in [2.05, 4.69) is 26.4 Å². The summed E-state index contributed by atoms with van der Waals surface area (Å²) in [6, 6.07) is 18.2. The van der Waals surface area contributed by atoms with Crippen LogP contribution < -0.4 is 5.32 Å². The fraction of sp³-hybridized carbons (Fsp3) is 0.375. The Balaban J connectivity index is 1.27. The van der Waals surface area contributed by atoms with Gasteiger partial charge in [-0.15, -0.1) is 0 Å². The van der Waals surface area contributed by atoms with E-state index in [0.717, 1.165) is 37.1 Å². The largest absolute Gasteiger partial charge is 0.349 e. The molecule has 0 bridgehead atoms. The highest BCUT2D eigenvalue weighted by Crippen LogP contribution is 2.22. The SMILES string of the molecule is Cc1cccc(-c2noc(CN3CCC(C(=O)NC(C)c4ccccc4)CC3)n2)c1. The maximum atomic E-state index is 12.7. The predicted octanol–water partition coefficient (Wildman–Crippen LogP) is 4.13. The zero-order valence-corrected chi connectivity index (χ0v) is 17.5. The molecule has 4 rings (SSSR count). The third kappa shape index (κ3) is 4.94. The first kappa shape index (κ1) is 20.3.